The Bertz CT molecular complexity index is 481. The number of methoxy groups -OCH3 is 1. The van der Waals surface area contributed by atoms with E-state index < -0.39 is 9.84 Å². The van der Waals surface area contributed by atoms with E-state index in [9.17, 15) is 8.42 Å². The van der Waals surface area contributed by atoms with Crippen molar-refractivity contribution in [3.05, 3.63) is 18.2 Å². The first kappa shape index (κ1) is 10.3. The minimum Gasteiger partial charge on any atom is -0.495 e. The van der Waals surface area contributed by atoms with Gasteiger partial charge in [0.05, 0.1) is 23.4 Å². The monoisotopic (exact) mass is 227 g/mol. The van der Waals surface area contributed by atoms with E-state index in [1.54, 1.807) is 25.3 Å². The lowest BCUT2D eigenvalue weighted by atomic mass is 10.2. The van der Waals surface area contributed by atoms with Gasteiger partial charge in [0.1, 0.15) is 5.75 Å². The highest BCUT2D eigenvalue weighted by atomic mass is 32.2. The van der Waals surface area contributed by atoms with Crippen LogP contribution in [-0.4, -0.2) is 34.9 Å². The molecule has 1 aromatic carbocycles. The third-order valence-electron chi connectivity index (χ3n) is 2.59. The molecule has 82 valence electrons. The summed E-state index contributed by atoms with van der Waals surface area (Å²) in [6, 6.07) is 5.10. The highest BCUT2D eigenvalue weighted by Crippen LogP contribution is 2.37. The molecule has 0 saturated heterocycles. The molecule has 1 aliphatic heterocycles. The van der Waals surface area contributed by atoms with Crippen LogP contribution in [0.2, 0.25) is 0 Å². The molecular weight excluding hydrogens is 214 g/mol. The number of nitrogens with zero attached hydrogens (tertiary/aromatic N) is 1. The van der Waals surface area contributed by atoms with Gasteiger partial charge in [0.2, 0.25) is 0 Å². The molecule has 0 saturated carbocycles. The topological polar surface area (TPSA) is 46.6 Å². The third kappa shape index (κ3) is 1.56. The zero-order valence-electron chi connectivity index (χ0n) is 8.73. The predicted octanol–water partition coefficient (Wildman–Crippen LogP) is 0.919. The number of rotatable bonds is 1. The lowest BCUT2D eigenvalue weighted by Crippen LogP contribution is -2.32. The number of benzene rings is 1. The van der Waals surface area contributed by atoms with Crippen LogP contribution >= 0.6 is 0 Å². The zero-order chi connectivity index (χ0) is 11.1. The predicted molar refractivity (Wildman–Crippen MR) is 58.3 cm³/mol. The van der Waals surface area contributed by atoms with Gasteiger partial charge in [-0.25, -0.2) is 8.42 Å². The molecule has 1 heterocycles. The van der Waals surface area contributed by atoms with Crippen LogP contribution in [0.15, 0.2) is 23.1 Å². The molecule has 0 aromatic heterocycles. The molecule has 0 spiro atoms. The fraction of sp³-hybridized carbons (Fsp3) is 0.400. The largest absolute Gasteiger partial charge is 0.495 e. The van der Waals surface area contributed by atoms with E-state index in [0.29, 0.717) is 22.9 Å². The highest BCUT2D eigenvalue weighted by Gasteiger charge is 2.28. The van der Waals surface area contributed by atoms with Gasteiger partial charge in [0.25, 0.3) is 0 Å². The van der Waals surface area contributed by atoms with Gasteiger partial charge in [0.15, 0.2) is 9.84 Å². The van der Waals surface area contributed by atoms with Gasteiger partial charge in [0, 0.05) is 13.6 Å². The van der Waals surface area contributed by atoms with E-state index in [1.807, 2.05) is 11.9 Å². The summed E-state index contributed by atoms with van der Waals surface area (Å²) in [7, 11) is 0.288. The summed E-state index contributed by atoms with van der Waals surface area (Å²) in [5.41, 5.74) is 0.672. The molecule has 1 aromatic rings. The average molecular weight is 227 g/mol. The van der Waals surface area contributed by atoms with Gasteiger partial charge >= 0.3 is 0 Å². The van der Waals surface area contributed by atoms with Crippen molar-refractivity contribution in [2.75, 3.05) is 31.4 Å². The molecule has 0 atom stereocenters. The van der Waals surface area contributed by atoms with Crippen molar-refractivity contribution < 1.29 is 13.2 Å². The summed E-state index contributed by atoms with van der Waals surface area (Å²) in [6.45, 7) is 0.510. The van der Waals surface area contributed by atoms with E-state index in [1.165, 1.54) is 0 Å². The lowest BCUT2D eigenvalue weighted by molar-refractivity contribution is 0.413. The van der Waals surface area contributed by atoms with E-state index in [4.69, 9.17) is 4.74 Å². The Morgan fingerprint density at radius 3 is 2.80 bits per heavy atom. The Labute approximate surface area is 89.4 Å². The summed E-state index contributed by atoms with van der Waals surface area (Å²) < 4.78 is 28.8. The standard InChI is InChI=1S/C10H13NO3S/c1-11-6-7-15(12,13)9-5-3-4-8(14-2)10(9)11/h3-5H,6-7H2,1-2H3. The Balaban J connectivity index is 2.72. The van der Waals surface area contributed by atoms with Gasteiger partial charge < -0.3 is 9.64 Å². The molecule has 15 heavy (non-hydrogen) atoms. The van der Waals surface area contributed by atoms with Crippen LogP contribution in [-0.2, 0) is 9.84 Å². The van der Waals surface area contributed by atoms with Gasteiger partial charge in [-0.05, 0) is 12.1 Å². The van der Waals surface area contributed by atoms with Crippen molar-refractivity contribution >= 4 is 15.5 Å². The number of sulfone groups is 1. The summed E-state index contributed by atoms with van der Waals surface area (Å²) in [5.74, 6) is 0.780. The van der Waals surface area contributed by atoms with Gasteiger partial charge in [-0.3, -0.25) is 0 Å². The normalized spacial score (nSPS) is 18.4. The minimum atomic E-state index is -3.13. The maximum absolute atomic E-state index is 11.8. The number of hydrogen-bond acceptors (Lipinski definition) is 4. The summed E-state index contributed by atoms with van der Waals surface area (Å²) >= 11 is 0. The summed E-state index contributed by atoms with van der Waals surface area (Å²) in [5, 5.41) is 0. The third-order valence-corrected chi connectivity index (χ3v) is 4.31. The van der Waals surface area contributed by atoms with E-state index in [2.05, 4.69) is 0 Å². The second-order valence-corrected chi connectivity index (χ2v) is 5.63. The molecule has 0 amide bonds. The van der Waals surface area contributed by atoms with Crippen LogP contribution in [0.1, 0.15) is 0 Å². The van der Waals surface area contributed by atoms with Crippen molar-refractivity contribution in [3.8, 4) is 5.75 Å². The van der Waals surface area contributed by atoms with Gasteiger partial charge in [-0.15, -0.1) is 0 Å². The van der Waals surface area contributed by atoms with E-state index in [0.717, 1.165) is 0 Å². The molecule has 5 heteroatoms. The highest BCUT2D eigenvalue weighted by molar-refractivity contribution is 7.91. The van der Waals surface area contributed by atoms with Crippen LogP contribution in [0.3, 0.4) is 0 Å². The molecule has 0 aliphatic carbocycles. The molecule has 0 radical (unpaired) electrons. The molecule has 0 unspecified atom stereocenters. The second kappa shape index (κ2) is 3.41. The molecule has 0 fully saturated rings. The first-order valence-electron chi connectivity index (χ1n) is 4.67. The van der Waals surface area contributed by atoms with Crippen LogP contribution in [0, 0.1) is 0 Å². The number of ether oxygens (including phenoxy) is 1. The van der Waals surface area contributed by atoms with Crippen molar-refractivity contribution in [2.45, 2.75) is 4.90 Å². The van der Waals surface area contributed by atoms with Crippen molar-refractivity contribution in [1.29, 1.82) is 0 Å². The van der Waals surface area contributed by atoms with Crippen LogP contribution < -0.4 is 9.64 Å². The first-order chi connectivity index (χ1) is 7.06. The van der Waals surface area contributed by atoms with Crippen molar-refractivity contribution in [1.82, 2.24) is 0 Å². The quantitative estimate of drug-likeness (QED) is 0.715. The van der Waals surface area contributed by atoms with E-state index >= 15 is 0 Å². The van der Waals surface area contributed by atoms with E-state index in [-0.39, 0.29) is 5.75 Å². The van der Waals surface area contributed by atoms with Crippen molar-refractivity contribution in [3.63, 3.8) is 0 Å². The first-order valence-corrected chi connectivity index (χ1v) is 6.32. The Hall–Kier alpha value is -1.23. The SMILES string of the molecule is COc1cccc2c1N(C)CCS2(=O)=O. The molecular formula is C10H13NO3S. The Kier molecular flexibility index (Phi) is 2.34. The van der Waals surface area contributed by atoms with Crippen LogP contribution in [0.25, 0.3) is 0 Å². The smallest absolute Gasteiger partial charge is 0.182 e. The molecule has 4 nitrogen and oxygen atoms in total. The Morgan fingerprint density at radius 2 is 2.13 bits per heavy atom. The van der Waals surface area contributed by atoms with Gasteiger partial charge in [-0.1, -0.05) is 6.07 Å². The second-order valence-electron chi connectivity index (χ2n) is 3.55. The Morgan fingerprint density at radius 1 is 1.40 bits per heavy atom. The maximum atomic E-state index is 11.8. The maximum Gasteiger partial charge on any atom is 0.182 e. The minimum absolute atomic E-state index is 0.170. The van der Waals surface area contributed by atoms with Gasteiger partial charge in [-0.2, -0.15) is 0 Å². The lowest BCUT2D eigenvalue weighted by Gasteiger charge is -2.28. The molecule has 2 rings (SSSR count). The van der Waals surface area contributed by atoms with Crippen LogP contribution in [0.5, 0.6) is 5.75 Å². The van der Waals surface area contributed by atoms with Crippen molar-refractivity contribution in [2.24, 2.45) is 0 Å². The number of hydrogen-bond donors (Lipinski definition) is 0. The zero-order valence-corrected chi connectivity index (χ0v) is 9.54. The summed E-state index contributed by atoms with van der Waals surface area (Å²) in [6.07, 6.45) is 0. The summed E-state index contributed by atoms with van der Waals surface area (Å²) in [4.78, 5) is 2.28. The fourth-order valence-electron chi connectivity index (χ4n) is 1.77. The molecule has 0 N–H and O–H groups in total. The number of fused-ring (bicyclic) bond motifs is 1. The van der Waals surface area contributed by atoms with Crippen LogP contribution in [0.4, 0.5) is 5.69 Å². The fourth-order valence-corrected chi connectivity index (χ4v) is 3.34. The number of anilines is 1. The number of para-hydroxylation sites is 1. The molecule has 1 aliphatic rings. The average Bonchev–Trinajstić information content (AvgIpc) is 2.23. The molecule has 0 bridgehead atoms.